The number of aliphatic hydroxyl groups excluding tert-OH is 1. The van der Waals surface area contributed by atoms with Crippen LogP contribution in [0.5, 0.6) is 0 Å². The molecule has 1 rings (SSSR count). The lowest BCUT2D eigenvalue weighted by Gasteiger charge is -2.22. The summed E-state index contributed by atoms with van der Waals surface area (Å²) >= 11 is 0. The molecule has 0 aliphatic heterocycles. The van der Waals surface area contributed by atoms with Gasteiger partial charge in [0.15, 0.2) is 0 Å². The summed E-state index contributed by atoms with van der Waals surface area (Å²) in [5.74, 6) is 0.785. The molecular weight excluding hydrogens is 242 g/mol. The molecule has 4 nitrogen and oxygen atoms in total. The van der Waals surface area contributed by atoms with E-state index in [4.69, 9.17) is 9.47 Å². The van der Waals surface area contributed by atoms with E-state index >= 15 is 0 Å². The van der Waals surface area contributed by atoms with Crippen molar-refractivity contribution in [3.63, 3.8) is 0 Å². The summed E-state index contributed by atoms with van der Waals surface area (Å²) in [5, 5.41) is 13.2. The molecule has 2 unspecified atom stereocenters. The predicted molar refractivity (Wildman–Crippen MR) is 77.3 cm³/mol. The van der Waals surface area contributed by atoms with Crippen LogP contribution in [-0.4, -0.2) is 49.7 Å². The Morgan fingerprint density at radius 1 is 1.16 bits per heavy atom. The van der Waals surface area contributed by atoms with E-state index in [1.165, 1.54) is 25.7 Å². The van der Waals surface area contributed by atoms with Gasteiger partial charge in [-0.25, -0.2) is 0 Å². The summed E-state index contributed by atoms with van der Waals surface area (Å²) in [4.78, 5) is 0. The lowest BCUT2D eigenvalue weighted by Crippen LogP contribution is -2.39. The van der Waals surface area contributed by atoms with Gasteiger partial charge in [-0.05, 0) is 39.5 Å². The van der Waals surface area contributed by atoms with Crippen LogP contribution in [0, 0.1) is 5.92 Å². The molecule has 0 aromatic carbocycles. The van der Waals surface area contributed by atoms with Crippen LogP contribution in [0.15, 0.2) is 0 Å². The van der Waals surface area contributed by atoms with Gasteiger partial charge in [0, 0.05) is 12.6 Å². The Morgan fingerprint density at radius 2 is 1.84 bits per heavy atom. The molecule has 1 aliphatic carbocycles. The van der Waals surface area contributed by atoms with Crippen molar-refractivity contribution in [1.29, 1.82) is 0 Å². The summed E-state index contributed by atoms with van der Waals surface area (Å²) in [6.07, 6.45) is 5.18. The zero-order valence-electron chi connectivity index (χ0n) is 12.7. The summed E-state index contributed by atoms with van der Waals surface area (Å²) in [6, 6.07) is 0.501. The normalized spacial score (nSPS) is 20.1. The minimum atomic E-state index is -0.428. The van der Waals surface area contributed by atoms with Crippen LogP contribution in [-0.2, 0) is 9.47 Å². The van der Waals surface area contributed by atoms with Crippen molar-refractivity contribution in [2.24, 2.45) is 5.92 Å². The largest absolute Gasteiger partial charge is 0.389 e. The van der Waals surface area contributed by atoms with Gasteiger partial charge in [-0.3, -0.25) is 0 Å². The van der Waals surface area contributed by atoms with Gasteiger partial charge in [0.05, 0.1) is 32.0 Å². The quantitative estimate of drug-likeness (QED) is 0.597. The zero-order chi connectivity index (χ0) is 14.1. The molecule has 2 N–H and O–H groups in total. The van der Waals surface area contributed by atoms with Crippen molar-refractivity contribution in [3.8, 4) is 0 Å². The van der Waals surface area contributed by atoms with Crippen LogP contribution in [0.4, 0.5) is 0 Å². The van der Waals surface area contributed by atoms with Crippen LogP contribution < -0.4 is 5.32 Å². The highest BCUT2D eigenvalue weighted by molar-refractivity contribution is 4.78. The van der Waals surface area contributed by atoms with Gasteiger partial charge in [0.1, 0.15) is 0 Å². The minimum Gasteiger partial charge on any atom is -0.389 e. The number of rotatable bonds is 10. The monoisotopic (exact) mass is 273 g/mol. The molecule has 0 spiro atoms. The van der Waals surface area contributed by atoms with E-state index in [1.54, 1.807) is 0 Å². The van der Waals surface area contributed by atoms with Crippen LogP contribution >= 0.6 is 0 Å². The SMILES string of the molecule is CC(C)OCCOCC(O)CNC(C)C1CCCC1. The number of hydrogen-bond donors (Lipinski definition) is 2. The third kappa shape index (κ3) is 7.88. The molecule has 114 valence electrons. The second-order valence-electron chi connectivity index (χ2n) is 5.89. The minimum absolute atomic E-state index is 0.238. The van der Waals surface area contributed by atoms with Gasteiger partial charge in [0.25, 0.3) is 0 Å². The highest BCUT2D eigenvalue weighted by Gasteiger charge is 2.21. The maximum absolute atomic E-state index is 9.82. The average Bonchev–Trinajstić information content (AvgIpc) is 2.89. The number of ether oxygens (including phenoxy) is 2. The molecule has 0 amide bonds. The number of hydrogen-bond acceptors (Lipinski definition) is 4. The van der Waals surface area contributed by atoms with Gasteiger partial charge in [-0.2, -0.15) is 0 Å². The van der Waals surface area contributed by atoms with Crippen molar-refractivity contribution in [2.45, 2.75) is 64.7 Å². The number of aliphatic hydroxyl groups is 1. The third-order valence-corrected chi connectivity index (χ3v) is 3.77. The molecule has 19 heavy (non-hydrogen) atoms. The Labute approximate surface area is 117 Å². The number of nitrogens with one attached hydrogen (secondary N) is 1. The fourth-order valence-corrected chi connectivity index (χ4v) is 2.57. The maximum atomic E-state index is 9.82. The van der Waals surface area contributed by atoms with Crippen molar-refractivity contribution in [3.05, 3.63) is 0 Å². The van der Waals surface area contributed by atoms with Crippen LogP contribution in [0.25, 0.3) is 0 Å². The first-order valence-electron chi connectivity index (χ1n) is 7.70. The molecule has 1 saturated carbocycles. The topological polar surface area (TPSA) is 50.7 Å². The average molecular weight is 273 g/mol. The van der Waals surface area contributed by atoms with Crippen molar-refractivity contribution in [2.75, 3.05) is 26.4 Å². The summed E-state index contributed by atoms with van der Waals surface area (Å²) in [6.45, 7) is 8.37. The molecule has 0 radical (unpaired) electrons. The van der Waals surface area contributed by atoms with Gasteiger partial charge in [-0.1, -0.05) is 12.8 Å². The van der Waals surface area contributed by atoms with Gasteiger partial charge in [0.2, 0.25) is 0 Å². The molecule has 0 aromatic rings. The lowest BCUT2D eigenvalue weighted by atomic mass is 10.00. The fraction of sp³-hybridized carbons (Fsp3) is 1.00. The fourth-order valence-electron chi connectivity index (χ4n) is 2.57. The molecular formula is C15H31NO3. The maximum Gasteiger partial charge on any atom is 0.0897 e. The Balaban J connectivity index is 1.96. The molecule has 2 atom stereocenters. The molecule has 4 heteroatoms. The standard InChI is InChI=1S/C15H31NO3/c1-12(2)19-9-8-18-11-15(17)10-16-13(3)14-6-4-5-7-14/h12-17H,4-11H2,1-3H3. The zero-order valence-corrected chi connectivity index (χ0v) is 12.7. The summed E-state index contributed by atoms with van der Waals surface area (Å²) in [7, 11) is 0. The van der Waals surface area contributed by atoms with Crippen LogP contribution in [0.2, 0.25) is 0 Å². The molecule has 1 aliphatic rings. The lowest BCUT2D eigenvalue weighted by molar-refractivity contribution is -0.0107. The van der Waals surface area contributed by atoms with E-state index in [2.05, 4.69) is 12.2 Å². The van der Waals surface area contributed by atoms with E-state index in [0.29, 0.717) is 32.4 Å². The smallest absolute Gasteiger partial charge is 0.0897 e. The van der Waals surface area contributed by atoms with Crippen molar-refractivity contribution >= 4 is 0 Å². The Morgan fingerprint density at radius 3 is 2.47 bits per heavy atom. The van der Waals surface area contributed by atoms with E-state index in [9.17, 15) is 5.11 Å². The second-order valence-corrected chi connectivity index (χ2v) is 5.89. The molecule has 0 aromatic heterocycles. The Hall–Kier alpha value is -0.160. The van der Waals surface area contributed by atoms with Gasteiger partial charge in [-0.15, -0.1) is 0 Å². The highest BCUT2D eigenvalue weighted by atomic mass is 16.5. The summed E-state index contributed by atoms with van der Waals surface area (Å²) < 4.78 is 10.8. The molecule has 0 saturated heterocycles. The van der Waals surface area contributed by atoms with Crippen LogP contribution in [0.1, 0.15) is 46.5 Å². The highest BCUT2D eigenvalue weighted by Crippen LogP contribution is 2.27. The first-order valence-corrected chi connectivity index (χ1v) is 7.70. The van der Waals surface area contributed by atoms with E-state index in [0.717, 1.165) is 5.92 Å². The Bertz CT molecular complexity index is 217. The van der Waals surface area contributed by atoms with Crippen molar-refractivity contribution < 1.29 is 14.6 Å². The first-order chi connectivity index (χ1) is 9.09. The summed E-state index contributed by atoms with van der Waals surface area (Å²) in [5.41, 5.74) is 0. The van der Waals surface area contributed by atoms with E-state index in [1.807, 2.05) is 13.8 Å². The van der Waals surface area contributed by atoms with Gasteiger partial charge >= 0.3 is 0 Å². The van der Waals surface area contributed by atoms with Crippen LogP contribution in [0.3, 0.4) is 0 Å². The molecule has 0 bridgehead atoms. The van der Waals surface area contributed by atoms with Crippen molar-refractivity contribution in [1.82, 2.24) is 5.32 Å². The first kappa shape index (κ1) is 16.9. The van der Waals surface area contributed by atoms with E-state index < -0.39 is 6.10 Å². The molecule has 1 fully saturated rings. The molecule has 0 heterocycles. The third-order valence-electron chi connectivity index (χ3n) is 3.77. The van der Waals surface area contributed by atoms with E-state index in [-0.39, 0.29) is 6.10 Å². The second kappa shape index (κ2) is 9.70. The predicted octanol–water partition coefficient (Wildman–Crippen LogP) is 1.96. The Kier molecular flexibility index (Phi) is 8.62. The van der Waals surface area contributed by atoms with Gasteiger partial charge < -0.3 is 19.9 Å².